The Kier molecular flexibility index (Phi) is 5.11. The topological polar surface area (TPSA) is 34.1 Å². The highest BCUT2D eigenvalue weighted by atomic mass is 16.1. The van der Waals surface area contributed by atoms with Crippen molar-refractivity contribution in [3.63, 3.8) is 0 Å². The number of Topliss-reactive ketones (excluding diaryl/α,β-unsaturated/α-hetero) is 2. The van der Waals surface area contributed by atoms with E-state index in [2.05, 4.69) is 0 Å². The summed E-state index contributed by atoms with van der Waals surface area (Å²) in [6.45, 7) is 0. The Morgan fingerprint density at radius 3 is 1.93 bits per heavy atom. The molecule has 0 amide bonds. The van der Waals surface area contributed by atoms with E-state index in [1.165, 1.54) is 0 Å². The molecule has 2 heteroatoms. The Balaban J connectivity index is 1.70. The van der Waals surface area contributed by atoms with Gasteiger partial charge in [-0.1, -0.05) is 97.1 Å². The molecule has 2 nitrogen and oxygen atoms in total. The number of ketones is 2. The van der Waals surface area contributed by atoms with E-state index in [1.807, 2.05) is 91.0 Å². The van der Waals surface area contributed by atoms with E-state index < -0.39 is 5.92 Å². The van der Waals surface area contributed by atoms with Gasteiger partial charge in [0.2, 0.25) is 0 Å². The Morgan fingerprint density at radius 2 is 1.21 bits per heavy atom. The third kappa shape index (κ3) is 3.77. The van der Waals surface area contributed by atoms with Gasteiger partial charge in [0.25, 0.3) is 0 Å². The molecule has 0 bridgehead atoms. The third-order valence-electron chi connectivity index (χ3n) is 5.04. The van der Waals surface area contributed by atoms with Crippen molar-refractivity contribution in [2.45, 2.75) is 12.3 Å². The fraction of sp³-hybridized carbons (Fsp3) is 0.0769. The van der Waals surface area contributed by atoms with Crippen LogP contribution in [0, 0.1) is 0 Å². The Hall–Kier alpha value is -3.52. The molecule has 136 valence electrons. The number of carbonyl (C=O) groups is 2. The second kappa shape index (κ2) is 8.01. The van der Waals surface area contributed by atoms with Crippen molar-refractivity contribution < 1.29 is 9.59 Å². The van der Waals surface area contributed by atoms with E-state index in [1.54, 1.807) is 12.1 Å². The monoisotopic (exact) mass is 364 g/mol. The van der Waals surface area contributed by atoms with Crippen LogP contribution >= 0.6 is 0 Å². The zero-order chi connectivity index (χ0) is 19.3. The predicted molar refractivity (Wildman–Crippen MR) is 113 cm³/mol. The predicted octanol–water partition coefficient (Wildman–Crippen LogP) is 6.08. The Labute approximate surface area is 164 Å². The van der Waals surface area contributed by atoms with Gasteiger partial charge < -0.3 is 0 Å². The van der Waals surface area contributed by atoms with Crippen molar-refractivity contribution in [2.75, 3.05) is 0 Å². The van der Waals surface area contributed by atoms with Crippen LogP contribution < -0.4 is 0 Å². The largest absolute Gasteiger partial charge is 0.294 e. The van der Waals surface area contributed by atoms with E-state index in [0.29, 0.717) is 11.1 Å². The third-order valence-corrected chi connectivity index (χ3v) is 5.04. The van der Waals surface area contributed by atoms with E-state index in [4.69, 9.17) is 0 Å². The van der Waals surface area contributed by atoms with E-state index >= 15 is 0 Å². The zero-order valence-corrected chi connectivity index (χ0v) is 15.4. The highest BCUT2D eigenvalue weighted by Crippen LogP contribution is 2.28. The summed E-state index contributed by atoms with van der Waals surface area (Å²) in [5, 5.41) is 2.12. The number of hydrogen-bond donors (Lipinski definition) is 0. The molecule has 0 saturated carbocycles. The maximum absolute atomic E-state index is 13.4. The first-order chi connectivity index (χ1) is 13.7. The van der Waals surface area contributed by atoms with Crippen molar-refractivity contribution in [2.24, 2.45) is 0 Å². The first-order valence-corrected chi connectivity index (χ1v) is 9.38. The van der Waals surface area contributed by atoms with Crippen LogP contribution in [-0.4, -0.2) is 11.6 Å². The van der Waals surface area contributed by atoms with Crippen molar-refractivity contribution in [1.82, 2.24) is 0 Å². The van der Waals surface area contributed by atoms with Gasteiger partial charge in [0.05, 0.1) is 5.92 Å². The van der Waals surface area contributed by atoms with Gasteiger partial charge in [-0.3, -0.25) is 9.59 Å². The number of carbonyl (C=O) groups excluding carboxylic acids is 2. The van der Waals surface area contributed by atoms with Crippen LogP contribution in [-0.2, 0) is 0 Å². The van der Waals surface area contributed by atoms with Crippen LogP contribution in [0.15, 0.2) is 103 Å². The number of fused-ring (bicyclic) bond motifs is 1. The SMILES string of the molecule is O=C(CC(C(=O)c1ccc2ccccc2c1)c1ccccc1)c1ccccc1. The molecule has 0 spiro atoms. The molecular weight excluding hydrogens is 344 g/mol. The summed E-state index contributed by atoms with van der Waals surface area (Å²) < 4.78 is 0. The molecule has 0 fully saturated rings. The molecule has 0 aliphatic carbocycles. The Bertz CT molecular complexity index is 1110. The average molecular weight is 364 g/mol. The van der Waals surface area contributed by atoms with E-state index in [-0.39, 0.29) is 18.0 Å². The summed E-state index contributed by atoms with van der Waals surface area (Å²) >= 11 is 0. The van der Waals surface area contributed by atoms with Crippen molar-refractivity contribution in [3.8, 4) is 0 Å². The number of rotatable bonds is 6. The lowest BCUT2D eigenvalue weighted by Gasteiger charge is -2.16. The molecule has 4 rings (SSSR count). The quantitative estimate of drug-likeness (QED) is 0.389. The molecule has 0 heterocycles. The first-order valence-electron chi connectivity index (χ1n) is 9.38. The van der Waals surface area contributed by atoms with Crippen molar-refractivity contribution in [1.29, 1.82) is 0 Å². The normalized spacial score (nSPS) is 11.9. The highest BCUT2D eigenvalue weighted by Gasteiger charge is 2.25. The summed E-state index contributed by atoms with van der Waals surface area (Å²) in [5.41, 5.74) is 2.13. The zero-order valence-electron chi connectivity index (χ0n) is 15.4. The second-order valence-electron chi connectivity index (χ2n) is 6.88. The lowest BCUT2D eigenvalue weighted by molar-refractivity contribution is 0.0893. The average Bonchev–Trinajstić information content (AvgIpc) is 2.77. The molecule has 4 aromatic carbocycles. The van der Waals surface area contributed by atoms with Gasteiger partial charge in [-0.05, 0) is 22.4 Å². The van der Waals surface area contributed by atoms with Crippen LogP contribution in [0.1, 0.15) is 38.6 Å². The van der Waals surface area contributed by atoms with Gasteiger partial charge in [-0.15, -0.1) is 0 Å². The summed E-state index contributed by atoms with van der Waals surface area (Å²) in [7, 11) is 0. The van der Waals surface area contributed by atoms with Gasteiger partial charge in [0.15, 0.2) is 11.6 Å². The molecular formula is C26H20O2. The van der Waals surface area contributed by atoms with Crippen molar-refractivity contribution >= 4 is 22.3 Å². The summed E-state index contributed by atoms with van der Waals surface area (Å²) in [5.74, 6) is -0.556. The standard InChI is InChI=1S/C26H20O2/c27-25(21-12-5-2-6-13-21)18-24(20-10-3-1-4-11-20)26(28)23-16-15-19-9-7-8-14-22(19)17-23/h1-17,24H,18H2. The molecule has 0 aliphatic heterocycles. The van der Waals surface area contributed by atoms with Gasteiger partial charge in [-0.25, -0.2) is 0 Å². The molecule has 0 radical (unpaired) electrons. The van der Waals surface area contributed by atoms with Crippen molar-refractivity contribution in [3.05, 3.63) is 120 Å². The van der Waals surface area contributed by atoms with Gasteiger partial charge in [-0.2, -0.15) is 0 Å². The van der Waals surface area contributed by atoms with Crippen LogP contribution in [0.25, 0.3) is 10.8 Å². The smallest absolute Gasteiger partial charge is 0.170 e. The number of benzene rings is 4. The fourth-order valence-electron chi connectivity index (χ4n) is 3.52. The van der Waals surface area contributed by atoms with Gasteiger partial charge in [0.1, 0.15) is 0 Å². The Morgan fingerprint density at radius 1 is 0.607 bits per heavy atom. The fourth-order valence-corrected chi connectivity index (χ4v) is 3.52. The number of hydrogen-bond acceptors (Lipinski definition) is 2. The minimum atomic E-state index is -0.505. The summed E-state index contributed by atoms with van der Waals surface area (Å²) in [4.78, 5) is 26.2. The lowest BCUT2D eigenvalue weighted by Crippen LogP contribution is -2.17. The van der Waals surface area contributed by atoms with Gasteiger partial charge in [0, 0.05) is 17.5 Å². The maximum atomic E-state index is 13.4. The molecule has 1 atom stereocenters. The molecule has 0 aliphatic rings. The van der Waals surface area contributed by atoms with E-state index in [9.17, 15) is 9.59 Å². The summed E-state index contributed by atoms with van der Waals surface area (Å²) in [6, 6.07) is 32.4. The molecule has 0 saturated heterocycles. The first kappa shape index (κ1) is 17.9. The van der Waals surface area contributed by atoms with Crippen LogP contribution in [0.5, 0.6) is 0 Å². The molecule has 0 N–H and O–H groups in total. The molecule has 4 aromatic rings. The second-order valence-corrected chi connectivity index (χ2v) is 6.88. The summed E-state index contributed by atoms with van der Waals surface area (Å²) in [6.07, 6.45) is 0.152. The molecule has 1 unspecified atom stereocenters. The van der Waals surface area contributed by atoms with Crippen LogP contribution in [0.4, 0.5) is 0 Å². The molecule has 0 aromatic heterocycles. The minimum absolute atomic E-state index is 0.0245. The minimum Gasteiger partial charge on any atom is -0.294 e. The van der Waals surface area contributed by atoms with E-state index in [0.717, 1.165) is 16.3 Å². The maximum Gasteiger partial charge on any atom is 0.170 e. The molecule has 28 heavy (non-hydrogen) atoms. The lowest BCUT2D eigenvalue weighted by atomic mass is 9.85. The van der Waals surface area contributed by atoms with Crippen LogP contribution in [0.2, 0.25) is 0 Å². The van der Waals surface area contributed by atoms with Crippen LogP contribution in [0.3, 0.4) is 0 Å². The highest BCUT2D eigenvalue weighted by molar-refractivity contribution is 6.07. The van der Waals surface area contributed by atoms with Gasteiger partial charge >= 0.3 is 0 Å².